The average Bonchev–Trinajstić information content (AvgIpc) is 2.74. The fourth-order valence-electron chi connectivity index (χ4n) is 2.95. The van der Waals surface area contributed by atoms with Crippen LogP contribution in [0.15, 0.2) is 59.5 Å². The van der Waals surface area contributed by atoms with Gasteiger partial charge in [-0.15, -0.1) is 0 Å². The van der Waals surface area contributed by atoms with E-state index in [1.54, 1.807) is 0 Å². The fraction of sp³-hybridized carbons (Fsp3) is 0.0952. The lowest BCUT2D eigenvalue weighted by molar-refractivity contribution is -0.385. The normalized spacial score (nSPS) is 11.0. The first-order chi connectivity index (χ1) is 15.5. The molecule has 2 N–H and O–H groups in total. The van der Waals surface area contributed by atoms with E-state index >= 15 is 0 Å². The van der Waals surface area contributed by atoms with Gasteiger partial charge in [0.1, 0.15) is 5.75 Å². The van der Waals surface area contributed by atoms with E-state index in [-0.39, 0.29) is 43.9 Å². The van der Waals surface area contributed by atoms with Crippen molar-refractivity contribution in [3.63, 3.8) is 0 Å². The number of carbonyl (C=O) groups excluding carboxylic acids is 1. The van der Waals surface area contributed by atoms with Crippen LogP contribution < -0.4 is 14.8 Å². The van der Waals surface area contributed by atoms with Crippen LogP contribution in [0.3, 0.4) is 0 Å². The Morgan fingerprint density at radius 2 is 1.79 bits per heavy atom. The lowest BCUT2D eigenvalue weighted by Crippen LogP contribution is -2.16. The molecular weight excluding hydrogens is 493 g/mol. The zero-order valence-electron chi connectivity index (χ0n) is 17.3. The number of carbonyl (C=O) groups is 1. The molecule has 0 spiro atoms. The molecule has 0 bridgehead atoms. The maximum atomic E-state index is 13.0. The van der Waals surface area contributed by atoms with Crippen LogP contribution in [0.5, 0.6) is 5.75 Å². The molecule has 3 aromatic carbocycles. The second-order valence-corrected chi connectivity index (χ2v) is 9.28. The van der Waals surface area contributed by atoms with Crippen molar-refractivity contribution in [2.45, 2.75) is 11.8 Å². The van der Waals surface area contributed by atoms with E-state index in [0.717, 1.165) is 0 Å². The summed E-state index contributed by atoms with van der Waals surface area (Å²) in [4.78, 5) is 23.0. The molecule has 0 saturated carbocycles. The first-order valence-electron chi connectivity index (χ1n) is 9.24. The molecule has 33 heavy (non-hydrogen) atoms. The van der Waals surface area contributed by atoms with E-state index in [1.165, 1.54) is 68.6 Å². The lowest BCUT2D eigenvalue weighted by Gasteiger charge is -2.14. The Labute approximate surface area is 199 Å². The van der Waals surface area contributed by atoms with Crippen molar-refractivity contribution < 1.29 is 22.9 Å². The highest BCUT2D eigenvalue weighted by atomic mass is 35.5. The number of nitrogens with one attached hydrogen (secondary N) is 2. The van der Waals surface area contributed by atoms with Gasteiger partial charge in [0.25, 0.3) is 21.6 Å². The van der Waals surface area contributed by atoms with Gasteiger partial charge in [-0.05, 0) is 49.4 Å². The van der Waals surface area contributed by atoms with Gasteiger partial charge in [0.15, 0.2) is 0 Å². The van der Waals surface area contributed by atoms with Crippen LogP contribution >= 0.6 is 23.2 Å². The molecule has 0 fully saturated rings. The summed E-state index contributed by atoms with van der Waals surface area (Å²) in [6, 6.07) is 12.2. The summed E-state index contributed by atoms with van der Waals surface area (Å²) >= 11 is 11.9. The number of halogens is 2. The maximum Gasteiger partial charge on any atom is 0.274 e. The summed E-state index contributed by atoms with van der Waals surface area (Å²) in [5, 5.41) is 14.2. The maximum absolute atomic E-state index is 13.0. The molecule has 3 rings (SSSR count). The molecule has 0 aliphatic carbocycles. The minimum atomic E-state index is -4.16. The van der Waals surface area contributed by atoms with Crippen LogP contribution in [0.1, 0.15) is 15.9 Å². The molecular formula is C21H17Cl2N3O6S. The van der Waals surface area contributed by atoms with Crippen LogP contribution in [-0.4, -0.2) is 26.4 Å². The van der Waals surface area contributed by atoms with Crippen molar-refractivity contribution in [2.24, 2.45) is 0 Å². The van der Waals surface area contributed by atoms with E-state index in [0.29, 0.717) is 5.02 Å². The first-order valence-corrected chi connectivity index (χ1v) is 11.5. The summed E-state index contributed by atoms with van der Waals surface area (Å²) in [6.07, 6.45) is 0. The van der Waals surface area contributed by atoms with Crippen LogP contribution in [0.2, 0.25) is 10.0 Å². The smallest absolute Gasteiger partial charge is 0.274 e. The number of hydrogen-bond donors (Lipinski definition) is 2. The number of methoxy groups -OCH3 is 1. The zero-order valence-corrected chi connectivity index (χ0v) is 19.6. The van der Waals surface area contributed by atoms with Crippen molar-refractivity contribution >= 4 is 56.2 Å². The number of nitrogens with zero attached hydrogens (tertiary/aromatic N) is 1. The number of sulfonamides is 1. The molecule has 0 atom stereocenters. The van der Waals surface area contributed by atoms with E-state index < -0.39 is 20.9 Å². The standard InChI is InChI=1S/C21H17Cl2N3O6S/c1-12-17(4-3-5-19(12)26(28)29)25-33(30,31)14-7-9-20(32-2)18(11-14)24-21(27)15-8-6-13(22)10-16(15)23/h3-11,25H,1-2H3,(H,24,27). The Morgan fingerprint density at radius 3 is 2.42 bits per heavy atom. The molecule has 0 aromatic heterocycles. The highest BCUT2D eigenvalue weighted by Crippen LogP contribution is 2.31. The predicted octanol–water partition coefficient (Wildman–Crippen LogP) is 5.27. The Bertz CT molecular complexity index is 1360. The molecule has 0 saturated heterocycles. The number of rotatable bonds is 7. The molecule has 0 heterocycles. The summed E-state index contributed by atoms with van der Waals surface area (Å²) in [7, 11) is -2.80. The molecule has 1 amide bonds. The van der Waals surface area contributed by atoms with Crippen molar-refractivity contribution in [3.8, 4) is 5.75 Å². The monoisotopic (exact) mass is 509 g/mol. The number of amides is 1. The first kappa shape index (κ1) is 24.3. The van der Waals surface area contributed by atoms with Gasteiger partial charge in [0.2, 0.25) is 0 Å². The molecule has 0 aliphatic rings. The van der Waals surface area contributed by atoms with Gasteiger partial charge < -0.3 is 10.1 Å². The quantitative estimate of drug-likeness (QED) is 0.329. The third-order valence-electron chi connectivity index (χ3n) is 4.65. The van der Waals surface area contributed by atoms with Crippen molar-refractivity contribution in [1.29, 1.82) is 0 Å². The SMILES string of the molecule is COc1ccc(S(=O)(=O)Nc2cccc([N+](=O)[O-])c2C)cc1NC(=O)c1ccc(Cl)cc1Cl. The molecule has 0 radical (unpaired) electrons. The van der Waals surface area contributed by atoms with Gasteiger partial charge in [-0.1, -0.05) is 29.3 Å². The summed E-state index contributed by atoms with van der Waals surface area (Å²) in [6.45, 7) is 1.44. The Balaban J connectivity index is 1.95. The second-order valence-electron chi connectivity index (χ2n) is 6.75. The van der Waals surface area contributed by atoms with Crippen LogP contribution in [0.4, 0.5) is 17.1 Å². The molecule has 12 heteroatoms. The highest BCUT2D eigenvalue weighted by molar-refractivity contribution is 7.92. The third kappa shape index (κ3) is 5.36. The number of ether oxygens (including phenoxy) is 1. The number of nitro groups is 1. The average molecular weight is 510 g/mol. The van der Waals surface area contributed by atoms with Crippen molar-refractivity contribution in [1.82, 2.24) is 0 Å². The van der Waals surface area contributed by atoms with E-state index in [2.05, 4.69) is 10.0 Å². The van der Waals surface area contributed by atoms with E-state index in [1.807, 2.05) is 0 Å². The molecule has 0 aliphatic heterocycles. The van der Waals surface area contributed by atoms with Gasteiger partial charge in [-0.2, -0.15) is 0 Å². The number of nitro benzene ring substituents is 1. The molecule has 0 unspecified atom stereocenters. The van der Waals surface area contributed by atoms with E-state index in [4.69, 9.17) is 27.9 Å². The van der Waals surface area contributed by atoms with Gasteiger partial charge in [-0.25, -0.2) is 8.42 Å². The summed E-state index contributed by atoms with van der Waals surface area (Å²) in [5.74, 6) is -0.397. The van der Waals surface area contributed by atoms with Crippen LogP contribution in [0.25, 0.3) is 0 Å². The summed E-state index contributed by atoms with van der Waals surface area (Å²) in [5.41, 5.74) is 0.190. The minimum absolute atomic E-state index is 0.0542. The molecule has 172 valence electrons. The van der Waals surface area contributed by atoms with Crippen LogP contribution in [0, 0.1) is 17.0 Å². The van der Waals surface area contributed by atoms with Crippen molar-refractivity contribution in [2.75, 3.05) is 17.1 Å². The van der Waals surface area contributed by atoms with Crippen molar-refractivity contribution in [3.05, 3.63) is 85.9 Å². The third-order valence-corrected chi connectivity index (χ3v) is 6.56. The number of hydrogen-bond acceptors (Lipinski definition) is 6. The second kappa shape index (κ2) is 9.65. The Morgan fingerprint density at radius 1 is 1.06 bits per heavy atom. The van der Waals surface area contributed by atoms with Crippen LogP contribution in [-0.2, 0) is 10.0 Å². The molecule has 9 nitrogen and oxygen atoms in total. The highest BCUT2D eigenvalue weighted by Gasteiger charge is 2.22. The fourth-order valence-corrected chi connectivity index (χ4v) is 4.59. The zero-order chi connectivity index (χ0) is 24.3. The van der Waals surface area contributed by atoms with Gasteiger partial charge in [-0.3, -0.25) is 19.6 Å². The topological polar surface area (TPSA) is 128 Å². The molecule has 3 aromatic rings. The van der Waals surface area contributed by atoms with Gasteiger partial charge in [0, 0.05) is 11.1 Å². The largest absolute Gasteiger partial charge is 0.495 e. The Kier molecular flexibility index (Phi) is 7.11. The number of benzene rings is 3. The lowest BCUT2D eigenvalue weighted by atomic mass is 10.2. The summed E-state index contributed by atoms with van der Waals surface area (Å²) < 4.78 is 33.5. The number of anilines is 2. The van der Waals surface area contributed by atoms with E-state index in [9.17, 15) is 23.3 Å². The van der Waals surface area contributed by atoms with Gasteiger partial charge >= 0.3 is 0 Å². The minimum Gasteiger partial charge on any atom is -0.495 e. The Hall–Kier alpha value is -3.34. The van der Waals surface area contributed by atoms with Gasteiger partial charge in [0.05, 0.1) is 44.5 Å². The predicted molar refractivity (Wildman–Crippen MR) is 126 cm³/mol.